The van der Waals surface area contributed by atoms with Crippen molar-refractivity contribution in [3.63, 3.8) is 0 Å². The highest BCUT2D eigenvalue weighted by molar-refractivity contribution is 5.68. The molecular weight excluding hydrogens is 359 g/mol. The highest BCUT2D eigenvalue weighted by Gasteiger charge is 2.17. The molecule has 5 nitrogen and oxygen atoms in total. The predicted molar refractivity (Wildman–Crippen MR) is 108 cm³/mol. The number of carbonyl (C=O) groups excluding carboxylic acids is 2. The second-order valence-corrected chi connectivity index (χ2v) is 7.43. The molecule has 0 heterocycles. The van der Waals surface area contributed by atoms with Crippen LogP contribution in [0.5, 0.6) is 0 Å². The molecule has 2 aromatic rings. The molecule has 0 radical (unpaired) electrons. The van der Waals surface area contributed by atoms with Gasteiger partial charge in [0.1, 0.15) is 11.4 Å². The summed E-state index contributed by atoms with van der Waals surface area (Å²) in [7, 11) is 1.68. The van der Waals surface area contributed by atoms with Crippen LogP contribution < -0.4 is 5.32 Å². The molecular formula is C22H29FN2O3. The van der Waals surface area contributed by atoms with Crippen molar-refractivity contribution >= 4 is 12.5 Å². The van der Waals surface area contributed by atoms with Gasteiger partial charge < -0.3 is 15.0 Å². The predicted octanol–water partition coefficient (Wildman–Crippen LogP) is 4.69. The molecule has 0 aliphatic rings. The number of hydrogen-bond donors (Lipinski definition) is 1. The molecule has 152 valence electrons. The third-order valence-corrected chi connectivity index (χ3v) is 3.56. The van der Waals surface area contributed by atoms with Crippen LogP contribution in [0.1, 0.15) is 44.9 Å². The molecule has 1 atom stereocenters. The summed E-state index contributed by atoms with van der Waals surface area (Å²) in [5.74, 6) is -0.257. The van der Waals surface area contributed by atoms with Crippen LogP contribution in [0.25, 0.3) is 0 Å². The van der Waals surface area contributed by atoms with Crippen molar-refractivity contribution in [1.29, 1.82) is 0 Å². The van der Waals surface area contributed by atoms with Crippen LogP contribution in [0.4, 0.5) is 9.18 Å². The van der Waals surface area contributed by atoms with Crippen molar-refractivity contribution in [3.8, 4) is 0 Å². The molecule has 2 amide bonds. The number of rotatable bonds is 5. The minimum atomic E-state index is -0.458. The Balaban J connectivity index is 0.000000292. The van der Waals surface area contributed by atoms with Gasteiger partial charge in [0.15, 0.2) is 0 Å². The zero-order valence-electron chi connectivity index (χ0n) is 17.1. The van der Waals surface area contributed by atoms with Crippen molar-refractivity contribution < 1.29 is 18.7 Å². The monoisotopic (exact) mass is 388 g/mol. The molecule has 0 aromatic heterocycles. The van der Waals surface area contributed by atoms with E-state index in [1.165, 1.54) is 17.0 Å². The molecule has 6 heteroatoms. The number of carbonyl (C=O) groups is 2. The van der Waals surface area contributed by atoms with Crippen LogP contribution in [-0.4, -0.2) is 30.1 Å². The fraction of sp³-hybridized carbons (Fsp3) is 0.364. The maximum atomic E-state index is 12.4. The lowest BCUT2D eigenvalue weighted by atomic mass is 10.1. The second kappa shape index (κ2) is 11.1. The van der Waals surface area contributed by atoms with Gasteiger partial charge in [-0.25, -0.2) is 9.18 Å². The van der Waals surface area contributed by atoms with Crippen LogP contribution in [-0.2, 0) is 16.1 Å². The zero-order chi connectivity index (χ0) is 21.2. The summed E-state index contributed by atoms with van der Waals surface area (Å²) in [6.45, 7) is 7.99. The SMILES string of the molecule is CC(NC(=O)OC(C)(C)C)c1ccccc1.CN(C=O)Cc1ccc(F)cc1. The normalized spacial score (nSPS) is 11.5. The Morgan fingerprint density at radius 2 is 1.71 bits per heavy atom. The summed E-state index contributed by atoms with van der Waals surface area (Å²) in [6, 6.07) is 15.8. The van der Waals surface area contributed by atoms with E-state index >= 15 is 0 Å². The van der Waals surface area contributed by atoms with Gasteiger partial charge in [-0.05, 0) is 51.0 Å². The first kappa shape index (κ1) is 23.1. The van der Waals surface area contributed by atoms with E-state index in [0.29, 0.717) is 6.54 Å². The summed E-state index contributed by atoms with van der Waals surface area (Å²) < 4.78 is 17.6. The van der Waals surface area contributed by atoms with Gasteiger partial charge >= 0.3 is 6.09 Å². The maximum absolute atomic E-state index is 12.4. The number of benzene rings is 2. The quantitative estimate of drug-likeness (QED) is 0.756. The van der Waals surface area contributed by atoms with Crippen molar-refractivity contribution in [1.82, 2.24) is 10.2 Å². The lowest BCUT2D eigenvalue weighted by Gasteiger charge is -2.22. The average molecular weight is 388 g/mol. The lowest BCUT2D eigenvalue weighted by Crippen LogP contribution is -2.33. The minimum absolute atomic E-state index is 0.0453. The zero-order valence-corrected chi connectivity index (χ0v) is 17.1. The fourth-order valence-corrected chi connectivity index (χ4v) is 2.22. The third-order valence-electron chi connectivity index (χ3n) is 3.56. The number of amides is 2. The van der Waals surface area contributed by atoms with Gasteiger partial charge in [-0.1, -0.05) is 42.5 Å². The summed E-state index contributed by atoms with van der Waals surface area (Å²) >= 11 is 0. The molecule has 1 N–H and O–H groups in total. The molecule has 28 heavy (non-hydrogen) atoms. The first-order valence-electron chi connectivity index (χ1n) is 9.05. The minimum Gasteiger partial charge on any atom is -0.444 e. The molecule has 1 unspecified atom stereocenters. The third kappa shape index (κ3) is 9.71. The van der Waals surface area contributed by atoms with Gasteiger partial charge in [0.25, 0.3) is 0 Å². The molecule has 0 bridgehead atoms. The number of nitrogens with zero attached hydrogens (tertiary/aromatic N) is 1. The Morgan fingerprint density at radius 1 is 1.14 bits per heavy atom. The van der Waals surface area contributed by atoms with E-state index in [0.717, 1.165) is 17.5 Å². The van der Waals surface area contributed by atoms with Crippen LogP contribution in [0, 0.1) is 5.82 Å². The first-order chi connectivity index (χ1) is 13.1. The molecule has 0 spiro atoms. The first-order valence-corrected chi connectivity index (χ1v) is 9.05. The topological polar surface area (TPSA) is 58.6 Å². The molecule has 2 aromatic carbocycles. The molecule has 0 aliphatic heterocycles. The van der Waals surface area contributed by atoms with Crippen LogP contribution in [0.2, 0.25) is 0 Å². The van der Waals surface area contributed by atoms with Crippen molar-refractivity contribution in [2.45, 2.75) is 45.9 Å². The van der Waals surface area contributed by atoms with Gasteiger partial charge in [-0.3, -0.25) is 4.79 Å². The average Bonchev–Trinajstić information content (AvgIpc) is 2.63. The standard InChI is InChI=1S/C13H19NO2.C9H10FNO/c1-10(11-8-6-5-7-9-11)14-12(15)16-13(2,3)4;1-11(7-12)6-8-2-4-9(10)5-3-8/h5-10H,1-4H3,(H,14,15);2-5,7H,6H2,1H3. The number of hydrogen-bond acceptors (Lipinski definition) is 3. The van der Waals surface area contributed by atoms with Gasteiger partial charge in [0, 0.05) is 13.6 Å². The van der Waals surface area contributed by atoms with E-state index < -0.39 is 5.60 Å². The Hall–Kier alpha value is -2.89. The summed E-state index contributed by atoms with van der Waals surface area (Å²) in [5, 5.41) is 2.79. The molecule has 0 fully saturated rings. The Labute approximate surface area is 166 Å². The molecule has 0 saturated heterocycles. The molecule has 2 rings (SSSR count). The van der Waals surface area contributed by atoms with Gasteiger partial charge in [0.2, 0.25) is 6.41 Å². The largest absolute Gasteiger partial charge is 0.444 e. The number of ether oxygens (including phenoxy) is 1. The Morgan fingerprint density at radius 3 is 2.21 bits per heavy atom. The van der Waals surface area contributed by atoms with E-state index in [-0.39, 0.29) is 18.0 Å². The number of alkyl carbamates (subject to hydrolysis) is 1. The van der Waals surface area contributed by atoms with Crippen LogP contribution >= 0.6 is 0 Å². The van der Waals surface area contributed by atoms with E-state index in [1.807, 2.05) is 58.0 Å². The van der Waals surface area contributed by atoms with E-state index in [2.05, 4.69) is 5.32 Å². The van der Waals surface area contributed by atoms with E-state index in [4.69, 9.17) is 4.74 Å². The van der Waals surface area contributed by atoms with Crippen molar-refractivity contribution in [2.24, 2.45) is 0 Å². The summed E-state index contributed by atoms with van der Waals surface area (Å²) in [4.78, 5) is 23.2. The Bertz CT molecular complexity index is 728. The van der Waals surface area contributed by atoms with Crippen molar-refractivity contribution in [2.75, 3.05) is 7.05 Å². The van der Waals surface area contributed by atoms with E-state index in [9.17, 15) is 14.0 Å². The number of nitrogens with one attached hydrogen (secondary N) is 1. The van der Waals surface area contributed by atoms with E-state index in [1.54, 1.807) is 19.2 Å². The smallest absolute Gasteiger partial charge is 0.408 e. The van der Waals surface area contributed by atoms with Crippen LogP contribution in [0.15, 0.2) is 54.6 Å². The molecule has 0 aliphatic carbocycles. The highest BCUT2D eigenvalue weighted by Crippen LogP contribution is 2.13. The summed E-state index contributed by atoms with van der Waals surface area (Å²) in [5.41, 5.74) is 1.53. The lowest BCUT2D eigenvalue weighted by molar-refractivity contribution is -0.117. The van der Waals surface area contributed by atoms with Crippen LogP contribution in [0.3, 0.4) is 0 Å². The van der Waals surface area contributed by atoms with Gasteiger partial charge in [-0.15, -0.1) is 0 Å². The second-order valence-electron chi connectivity index (χ2n) is 7.43. The highest BCUT2D eigenvalue weighted by atomic mass is 19.1. The fourth-order valence-electron chi connectivity index (χ4n) is 2.22. The van der Waals surface area contributed by atoms with Crippen molar-refractivity contribution in [3.05, 3.63) is 71.5 Å². The van der Waals surface area contributed by atoms with Gasteiger partial charge in [0.05, 0.1) is 6.04 Å². The summed E-state index contributed by atoms with van der Waals surface area (Å²) in [6.07, 6.45) is 0.354. The Kier molecular flexibility index (Phi) is 9.15. The van der Waals surface area contributed by atoms with Gasteiger partial charge in [-0.2, -0.15) is 0 Å². The number of halogens is 1. The maximum Gasteiger partial charge on any atom is 0.408 e. The molecule has 0 saturated carbocycles.